The lowest BCUT2D eigenvalue weighted by atomic mass is 10.1. The Balaban J connectivity index is 2.60. The Morgan fingerprint density at radius 1 is 1.21 bits per heavy atom. The molecule has 0 N–H and O–H groups in total. The van der Waals surface area contributed by atoms with Gasteiger partial charge in [-0.1, -0.05) is 32.4 Å². The third-order valence-electron chi connectivity index (χ3n) is 3.28. The zero-order valence-corrected chi connectivity index (χ0v) is 13.3. The average molecular weight is 353 g/mol. The predicted molar refractivity (Wildman–Crippen MR) is 79.5 cm³/mol. The quantitative estimate of drug-likeness (QED) is 0.590. The van der Waals surface area contributed by atoms with Crippen LogP contribution in [0.25, 0.3) is 6.08 Å². The van der Waals surface area contributed by atoms with Crippen molar-refractivity contribution in [2.45, 2.75) is 43.5 Å². The van der Waals surface area contributed by atoms with Crippen LogP contribution in [0.3, 0.4) is 0 Å². The molecule has 0 fully saturated rings. The van der Waals surface area contributed by atoms with Gasteiger partial charge in [-0.15, -0.1) is 0 Å². The second-order valence-corrected chi connectivity index (χ2v) is 9.99. The number of alkyl halides is 3. The molecule has 0 radical (unpaired) electrons. The van der Waals surface area contributed by atoms with Gasteiger partial charge in [-0.3, -0.25) is 0 Å². The van der Waals surface area contributed by atoms with E-state index in [9.17, 15) is 13.2 Å². The normalized spacial score (nSPS) is 25.7. The second-order valence-electron chi connectivity index (χ2n) is 4.57. The molecule has 0 saturated heterocycles. The van der Waals surface area contributed by atoms with Crippen molar-refractivity contribution in [1.82, 2.24) is 0 Å². The van der Waals surface area contributed by atoms with Crippen LogP contribution in [0, 0.1) is 0 Å². The summed E-state index contributed by atoms with van der Waals surface area (Å²) in [7, 11) is -3.04. The molecular weight excluding hydrogens is 337 g/mol. The highest BCUT2D eigenvalue weighted by atomic mass is 79.9. The first-order valence-corrected chi connectivity index (χ1v) is 9.75. The van der Waals surface area contributed by atoms with Crippen LogP contribution in [0.2, 0.25) is 0 Å². The fourth-order valence-corrected chi connectivity index (χ4v) is 6.27. The number of halogens is 4. The van der Waals surface area contributed by atoms with E-state index in [1.54, 1.807) is 12.1 Å². The van der Waals surface area contributed by atoms with Gasteiger partial charge in [0.2, 0.25) is 0 Å². The zero-order chi connectivity index (χ0) is 14.3. The van der Waals surface area contributed by atoms with E-state index in [4.69, 9.17) is 0 Å². The van der Waals surface area contributed by atoms with Crippen LogP contribution in [-0.4, -0.2) is 5.51 Å². The molecule has 0 aliphatic carbocycles. The van der Waals surface area contributed by atoms with Crippen molar-refractivity contribution in [3.05, 3.63) is 34.2 Å². The van der Waals surface area contributed by atoms with E-state index in [-0.39, 0.29) is 0 Å². The van der Waals surface area contributed by atoms with Gasteiger partial charge in [0.05, 0.1) is 0 Å². The zero-order valence-electron chi connectivity index (χ0n) is 10.9. The second kappa shape index (κ2) is 5.17. The Kier molecular flexibility index (Phi) is 4.07. The summed E-state index contributed by atoms with van der Waals surface area (Å²) >= 11 is 3.09. The van der Waals surface area contributed by atoms with E-state index in [1.165, 1.54) is 0 Å². The van der Waals surface area contributed by atoms with Crippen molar-refractivity contribution in [3.8, 4) is 0 Å². The number of rotatable bonds is 3. The van der Waals surface area contributed by atoms with E-state index in [0.717, 1.165) is 18.4 Å². The number of hydrogen-bond donors (Lipinski definition) is 0. The molecule has 1 unspecified atom stereocenters. The van der Waals surface area contributed by atoms with Gasteiger partial charge in [0.25, 0.3) is 0 Å². The number of allylic oxidation sites excluding steroid dienone is 1. The van der Waals surface area contributed by atoms with Crippen LogP contribution in [0.5, 0.6) is 0 Å². The molecular formula is C14H16BrF3S. The van der Waals surface area contributed by atoms with Crippen molar-refractivity contribution in [3.63, 3.8) is 0 Å². The minimum Gasteiger partial charge on any atom is -0.160 e. The third kappa shape index (κ3) is 2.35. The standard InChI is InChI=1S/C14H16BrF3S/c1-3-5-12-9-11-7-6-10(4-2)8-13(11)19(12,15)14(16,17)18/h6-9H,3-5H2,1-2H3. The van der Waals surface area contributed by atoms with Gasteiger partial charge >= 0.3 is 5.51 Å². The van der Waals surface area contributed by atoms with Crippen LogP contribution in [0.4, 0.5) is 13.2 Å². The Morgan fingerprint density at radius 2 is 1.89 bits per heavy atom. The molecule has 1 aliphatic heterocycles. The van der Waals surface area contributed by atoms with Crippen molar-refractivity contribution < 1.29 is 13.2 Å². The summed E-state index contributed by atoms with van der Waals surface area (Å²) in [6, 6.07) is 5.44. The van der Waals surface area contributed by atoms with Gasteiger partial charge in [0.15, 0.2) is 0 Å². The molecule has 2 rings (SSSR count). The lowest BCUT2D eigenvalue weighted by molar-refractivity contribution is -0.0355. The van der Waals surface area contributed by atoms with Crippen LogP contribution < -0.4 is 0 Å². The molecule has 0 amide bonds. The number of hydrogen-bond acceptors (Lipinski definition) is 0. The molecule has 1 atom stereocenters. The van der Waals surface area contributed by atoms with Gasteiger partial charge in [-0.25, -0.2) is 0 Å². The van der Waals surface area contributed by atoms with Gasteiger partial charge in [-0.2, -0.15) is 13.2 Å². The van der Waals surface area contributed by atoms with Crippen LogP contribution in [0.15, 0.2) is 28.0 Å². The fourth-order valence-electron chi connectivity index (χ4n) is 2.29. The summed E-state index contributed by atoms with van der Waals surface area (Å²) in [5.41, 5.74) is -2.58. The first-order valence-electron chi connectivity index (χ1n) is 6.27. The summed E-state index contributed by atoms with van der Waals surface area (Å²) in [5.74, 6) is 0. The van der Waals surface area contributed by atoms with Crippen LogP contribution >= 0.6 is 23.3 Å². The highest BCUT2D eigenvalue weighted by Crippen LogP contribution is 2.81. The van der Waals surface area contributed by atoms with Crippen molar-refractivity contribution in [2.24, 2.45) is 0 Å². The van der Waals surface area contributed by atoms with Crippen molar-refractivity contribution in [1.29, 1.82) is 0 Å². The lowest BCUT2D eigenvalue weighted by Gasteiger charge is -2.35. The van der Waals surface area contributed by atoms with Gasteiger partial charge in [-0.05, 0) is 64.3 Å². The average Bonchev–Trinajstić information content (AvgIpc) is 2.63. The molecule has 1 aromatic rings. The fraction of sp³-hybridized carbons (Fsp3) is 0.429. The first-order chi connectivity index (χ1) is 8.84. The molecule has 19 heavy (non-hydrogen) atoms. The molecule has 106 valence electrons. The first kappa shape index (κ1) is 15.0. The highest BCUT2D eigenvalue weighted by molar-refractivity contribution is 9.59. The molecule has 0 nitrogen and oxygen atoms in total. The van der Waals surface area contributed by atoms with E-state index in [1.807, 2.05) is 26.0 Å². The van der Waals surface area contributed by atoms with E-state index >= 15 is 0 Å². The molecule has 1 aliphatic rings. The maximum Gasteiger partial charge on any atom is 0.442 e. The smallest absolute Gasteiger partial charge is 0.160 e. The number of fused-ring (bicyclic) bond motifs is 1. The van der Waals surface area contributed by atoms with Crippen molar-refractivity contribution >= 4 is 29.4 Å². The topological polar surface area (TPSA) is 0 Å². The number of benzene rings is 1. The Morgan fingerprint density at radius 3 is 2.42 bits per heavy atom. The van der Waals surface area contributed by atoms with Crippen LogP contribution in [-0.2, 0) is 6.42 Å². The Bertz CT molecular complexity index is 522. The van der Waals surface area contributed by atoms with Crippen molar-refractivity contribution in [2.75, 3.05) is 0 Å². The molecule has 0 bridgehead atoms. The van der Waals surface area contributed by atoms with E-state index < -0.39 is 14.0 Å². The lowest BCUT2D eigenvalue weighted by Crippen LogP contribution is -2.16. The maximum absolute atomic E-state index is 13.6. The number of aryl methyl sites for hydroxylation is 1. The monoisotopic (exact) mass is 352 g/mol. The largest absolute Gasteiger partial charge is 0.442 e. The molecule has 0 spiro atoms. The SMILES string of the molecule is CCCC1=Cc2ccc(CC)cc2S1(Br)C(F)(F)F. The van der Waals surface area contributed by atoms with E-state index in [2.05, 4.69) is 14.8 Å². The van der Waals surface area contributed by atoms with Crippen LogP contribution in [0.1, 0.15) is 37.8 Å². The molecule has 5 heteroatoms. The van der Waals surface area contributed by atoms with E-state index in [0.29, 0.717) is 21.8 Å². The molecule has 0 aromatic heterocycles. The summed E-state index contributed by atoms with van der Waals surface area (Å²) < 4.78 is 40.7. The van der Waals surface area contributed by atoms with Gasteiger partial charge < -0.3 is 0 Å². The summed E-state index contributed by atoms with van der Waals surface area (Å²) in [6.07, 6.45) is 3.67. The minimum absolute atomic E-state index is 0.419. The summed E-state index contributed by atoms with van der Waals surface area (Å²) in [5, 5.41) is 0. The minimum atomic E-state index is -4.24. The van der Waals surface area contributed by atoms with Gasteiger partial charge in [0, 0.05) is 4.90 Å². The van der Waals surface area contributed by atoms with Gasteiger partial charge in [0.1, 0.15) is 0 Å². The highest BCUT2D eigenvalue weighted by Gasteiger charge is 2.54. The third-order valence-corrected chi connectivity index (χ3v) is 9.32. The summed E-state index contributed by atoms with van der Waals surface area (Å²) in [4.78, 5) is 0.911. The Hall–Kier alpha value is -0.420. The maximum atomic E-state index is 13.6. The molecule has 0 saturated carbocycles. The summed E-state index contributed by atoms with van der Waals surface area (Å²) in [6.45, 7) is 3.86. The molecule has 1 aromatic carbocycles. The molecule has 1 heterocycles. The Labute approximate surface area is 120 Å². The predicted octanol–water partition coefficient (Wildman–Crippen LogP) is 6.40.